The summed E-state index contributed by atoms with van der Waals surface area (Å²) in [4.78, 5) is 7.83. The van der Waals surface area contributed by atoms with Crippen molar-refractivity contribution in [1.29, 1.82) is 0 Å². The van der Waals surface area contributed by atoms with E-state index in [4.69, 9.17) is 11.5 Å². The summed E-state index contributed by atoms with van der Waals surface area (Å²) in [6.45, 7) is 0. The fourth-order valence-electron chi connectivity index (χ4n) is 1.50. The van der Waals surface area contributed by atoms with Gasteiger partial charge in [0.05, 0.1) is 5.69 Å². The molecule has 1 fully saturated rings. The summed E-state index contributed by atoms with van der Waals surface area (Å²) in [5.41, 5.74) is 11.0. The van der Waals surface area contributed by atoms with Crippen molar-refractivity contribution in [2.75, 3.05) is 0 Å². The second kappa shape index (κ2) is 3.41. The van der Waals surface area contributed by atoms with Crippen LogP contribution in [-0.2, 0) is 0 Å². The molecule has 2 rings (SSSR count). The summed E-state index contributed by atoms with van der Waals surface area (Å²) in [6.07, 6.45) is -0.254. The van der Waals surface area contributed by atoms with Gasteiger partial charge in [0.25, 0.3) is 0 Å². The van der Waals surface area contributed by atoms with Crippen LogP contribution in [0, 0.1) is 0 Å². The lowest BCUT2D eigenvalue weighted by atomic mass is 9.80. The first-order chi connectivity index (χ1) is 6.96. The number of guanidine groups is 1. The third-order valence-corrected chi connectivity index (χ3v) is 3.00. The zero-order chi connectivity index (χ0) is 11.1. The van der Waals surface area contributed by atoms with E-state index in [2.05, 4.69) is 9.98 Å². The monoisotopic (exact) mass is 232 g/mol. The number of nitrogens with zero attached hydrogens (tertiary/aromatic N) is 2. The molecule has 1 aliphatic rings. The molecule has 4 nitrogen and oxygen atoms in total. The first kappa shape index (κ1) is 10.3. The maximum Gasteiger partial charge on any atom is 0.249 e. The Labute approximate surface area is 89.0 Å². The van der Waals surface area contributed by atoms with E-state index in [-0.39, 0.29) is 24.7 Å². The van der Waals surface area contributed by atoms with Crippen LogP contribution in [0.5, 0.6) is 0 Å². The van der Waals surface area contributed by atoms with Crippen molar-refractivity contribution in [3.8, 4) is 0 Å². The zero-order valence-corrected chi connectivity index (χ0v) is 8.60. The Hall–Kier alpha value is -1.24. The van der Waals surface area contributed by atoms with Gasteiger partial charge in [-0.05, 0) is 0 Å². The quantitative estimate of drug-likeness (QED) is 0.600. The molecule has 7 heteroatoms. The molecule has 0 spiro atoms. The second-order valence-electron chi connectivity index (χ2n) is 3.55. The standard InChI is InChI=1S/C8H10F2N4S/c9-8(10)1-4(2-8)5-3-15-7(13-5)14-6(11)12/h3-4H,1-2H2,(H4,11,12,13,14). The lowest BCUT2D eigenvalue weighted by Gasteiger charge is -2.33. The molecule has 0 atom stereocenters. The molecule has 1 heterocycles. The maximum absolute atomic E-state index is 12.6. The number of nitrogens with two attached hydrogens (primary N) is 2. The van der Waals surface area contributed by atoms with Crippen LogP contribution in [0.1, 0.15) is 24.5 Å². The number of hydrogen-bond acceptors (Lipinski definition) is 3. The van der Waals surface area contributed by atoms with Gasteiger partial charge in [0, 0.05) is 24.1 Å². The Bertz CT molecular complexity index is 389. The number of aliphatic imine (C=N–C) groups is 1. The van der Waals surface area contributed by atoms with Crippen LogP contribution in [0.2, 0.25) is 0 Å². The van der Waals surface area contributed by atoms with Crippen molar-refractivity contribution < 1.29 is 8.78 Å². The lowest BCUT2D eigenvalue weighted by Crippen LogP contribution is -2.33. The molecule has 82 valence electrons. The molecule has 15 heavy (non-hydrogen) atoms. The number of thiazole rings is 1. The topological polar surface area (TPSA) is 77.3 Å². The Kier molecular flexibility index (Phi) is 2.34. The first-order valence-electron chi connectivity index (χ1n) is 4.39. The van der Waals surface area contributed by atoms with Crippen molar-refractivity contribution in [1.82, 2.24) is 4.98 Å². The van der Waals surface area contributed by atoms with Crippen LogP contribution in [-0.4, -0.2) is 16.9 Å². The largest absolute Gasteiger partial charge is 0.370 e. The normalized spacial score (nSPS) is 19.6. The van der Waals surface area contributed by atoms with E-state index in [0.29, 0.717) is 10.8 Å². The van der Waals surface area contributed by atoms with E-state index in [1.807, 2.05) is 0 Å². The zero-order valence-electron chi connectivity index (χ0n) is 7.78. The fraction of sp³-hybridized carbons (Fsp3) is 0.500. The Morgan fingerprint density at radius 3 is 2.73 bits per heavy atom. The van der Waals surface area contributed by atoms with Gasteiger partial charge in [-0.15, -0.1) is 11.3 Å². The summed E-state index contributed by atoms with van der Waals surface area (Å²) < 4.78 is 25.2. The summed E-state index contributed by atoms with van der Waals surface area (Å²) in [5.74, 6) is -2.75. The molecular weight excluding hydrogens is 222 g/mol. The van der Waals surface area contributed by atoms with Gasteiger partial charge >= 0.3 is 0 Å². The highest BCUT2D eigenvalue weighted by molar-refractivity contribution is 7.13. The van der Waals surface area contributed by atoms with Crippen LogP contribution in [0.3, 0.4) is 0 Å². The maximum atomic E-state index is 12.6. The fourth-order valence-corrected chi connectivity index (χ4v) is 2.28. The van der Waals surface area contributed by atoms with Gasteiger partial charge in [0.1, 0.15) is 0 Å². The van der Waals surface area contributed by atoms with Gasteiger partial charge < -0.3 is 11.5 Å². The average molecular weight is 232 g/mol. The van der Waals surface area contributed by atoms with Crippen molar-refractivity contribution >= 4 is 22.4 Å². The third-order valence-electron chi connectivity index (χ3n) is 2.24. The van der Waals surface area contributed by atoms with Gasteiger partial charge in [-0.3, -0.25) is 0 Å². The number of aromatic nitrogens is 1. The van der Waals surface area contributed by atoms with Crippen LogP contribution < -0.4 is 11.5 Å². The van der Waals surface area contributed by atoms with Gasteiger partial charge in [-0.1, -0.05) is 0 Å². The third kappa shape index (κ3) is 2.23. The molecule has 1 aromatic rings. The van der Waals surface area contributed by atoms with E-state index in [0.717, 1.165) is 0 Å². The van der Waals surface area contributed by atoms with Crippen LogP contribution in [0.15, 0.2) is 10.4 Å². The van der Waals surface area contributed by atoms with Crippen LogP contribution in [0.4, 0.5) is 13.9 Å². The SMILES string of the molecule is NC(N)=Nc1nc(C2CC(F)(F)C2)cs1. The number of alkyl halides is 2. The predicted molar refractivity (Wildman–Crippen MR) is 54.5 cm³/mol. The minimum absolute atomic E-state index is 0.0742. The molecule has 0 amide bonds. The molecular formula is C8H10F2N4S. The minimum atomic E-state index is -2.52. The summed E-state index contributed by atoms with van der Waals surface area (Å²) in [5, 5.41) is 2.14. The number of rotatable bonds is 2. The summed E-state index contributed by atoms with van der Waals surface area (Å²) >= 11 is 1.25. The Balaban J connectivity index is 2.06. The summed E-state index contributed by atoms with van der Waals surface area (Å²) in [7, 11) is 0. The Morgan fingerprint density at radius 1 is 1.53 bits per heavy atom. The van der Waals surface area contributed by atoms with Crippen LogP contribution >= 0.6 is 11.3 Å². The van der Waals surface area contributed by atoms with Crippen LogP contribution in [0.25, 0.3) is 0 Å². The molecule has 4 N–H and O–H groups in total. The number of halogens is 2. The van der Waals surface area contributed by atoms with E-state index in [1.165, 1.54) is 11.3 Å². The van der Waals surface area contributed by atoms with Gasteiger partial charge in [-0.2, -0.15) is 4.99 Å². The highest BCUT2D eigenvalue weighted by atomic mass is 32.1. The molecule has 0 unspecified atom stereocenters. The smallest absolute Gasteiger partial charge is 0.249 e. The van der Waals surface area contributed by atoms with Crippen molar-refractivity contribution in [2.45, 2.75) is 24.7 Å². The highest BCUT2D eigenvalue weighted by Gasteiger charge is 2.46. The molecule has 0 saturated heterocycles. The van der Waals surface area contributed by atoms with Crippen molar-refractivity contribution in [3.63, 3.8) is 0 Å². The van der Waals surface area contributed by atoms with E-state index in [1.54, 1.807) is 5.38 Å². The molecule has 0 bridgehead atoms. The molecule has 1 aliphatic carbocycles. The van der Waals surface area contributed by atoms with Gasteiger partial charge in [-0.25, -0.2) is 13.8 Å². The lowest BCUT2D eigenvalue weighted by molar-refractivity contribution is -0.0874. The van der Waals surface area contributed by atoms with Gasteiger partial charge in [0.2, 0.25) is 11.1 Å². The second-order valence-corrected chi connectivity index (χ2v) is 4.39. The van der Waals surface area contributed by atoms with Gasteiger partial charge in [0.15, 0.2) is 5.96 Å². The molecule has 0 aliphatic heterocycles. The molecule has 0 radical (unpaired) electrons. The molecule has 1 saturated carbocycles. The summed E-state index contributed by atoms with van der Waals surface area (Å²) in [6, 6.07) is 0. The van der Waals surface area contributed by atoms with E-state index >= 15 is 0 Å². The predicted octanol–water partition coefficient (Wildman–Crippen LogP) is 1.56. The van der Waals surface area contributed by atoms with E-state index in [9.17, 15) is 8.78 Å². The first-order valence-corrected chi connectivity index (χ1v) is 5.27. The van der Waals surface area contributed by atoms with E-state index < -0.39 is 5.92 Å². The number of hydrogen-bond donors (Lipinski definition) is 2. The molecule has 0 aromatic carbocycles. The van der Waals surface area contributed by atoms with Crippen molar-refractivity contribution in [3.05, 3.63) is 11.1 Å². The Morgan fingerprint density at radius 2 is 2.20 bits per heavy atom. The highest BCUT2D eigenvalue weighted by Crippen LogP contribution is 2.48. The van der Waals surface area contributed by atoms with Crippen molar-refractivity contribution in [2.24, 2.45) is 16.5 Å². The average Bonchev–Trinajstić information content (AvgIpc) is 2.47. The minimum Gasteiger partial charge on any atom is -0.370 e. The molecule has 1 aromatic heterocycles.